The molecule has 0 aromatic carbocycles. The lowest BCUT2D eigenvalue weighted by atomic mass is 9.80. The Morgan fingerprint density at radius 1 is 1.06 bits per heavy atom. The van der Waals surface area contributed by atoms with Crippen molar-refractivity contribution in [2.24, 2.45) is 16.3 Å². The highest BCUT2D eigenvalue weighted by molar-refractivity contribution is 6.00. The van der Waals surface area contributed by atoms with Gasteiger partial charge in [-0.2, -0.15) is 0 Å². The molecule has 0 aliphatic carbocycles. The molecule has 0 saturated carbocycles. The number of hydrogen-bond acceptors (Lipinski definition) is 4. The number of rotatable bonds is 11. The second-order valence-corrected chi connectivity index (χ2v) is 8.66. The summed E-state index contributed by atoms with van der Waals surface area (Å²) in [6.45, 7) is 26.4. The smallest absolute Gasteiger partial charge is 0.338 e. The maximum absolute atomic E-state index is 12.7. The summed E-state index contributed by atoms with van der Waals surface area (Å²) in [6.07, 6.45) is 7.00. The molecule has 0 N–H and O–H groups in total. The van der Waals surface area contributed by atoms with E-state index in [1.165, 1.54) is 6.42 Å². The fraction of sp³-hybridized carbons (Fsp3) is 0.679. The van der Waals surface area contributed by atoms with E-state index < -0.39 is 0 Å². The second-order valence-electron chi connectivity index (χ2n) is 8.66. The van der Waals surface area contributed by atoms with Crippen molar-refractivity contribution in [1.82, 2.24) is 0 Å². The fourth-order valence-corrected chi connectivity index (χ4v) is 3.27. The summed E-state index contributed by atoms with van der Waals surface area (Å²) in [5, 5.41) is 0. The minimum absolute atomic E-state index is 0.164. The van der Waals surface area contributed by atoms with Crippen LogP contribution in [0.2, 0.25) is 0 Å². The zero-order valence-electron chi connectivity index (χ0n) is 23.1. The molecule has 4 heteroatoms. The van der Waals surface area contributed by atoms with E-state index in [0.717, 1.165) is 23.1 Å². The SMILES string of the molecule is C=C(/C=C(\C(C(=O)OCC)=C(/C)C=NC)C(C)CC)CC(C)(C)CC(C)=O.CC.CCC. The van der Waals surface area contributed by atoms with Crippen LogP contribution < -0.4 is 0 Å². The molecule has 32 heavy (non-hydrogen) atoms. The van der Waals surface area contributed by atoms with Gasteiger partial charge < -0.3 is 9.53 Å². The van der Waals surface area contributed by atoms with E-state index in [0.29, 0.717) is 25.0 Å². The van der Waals surface area contributed by atoms with Crippen LogP contribution in [0, 0.1) is 11.3 Å². The summed E-state index contributed by atoms with van der Waals surface area (Å²) >= 11 is 0. The van der Waals surface area contributed by atoms with Gasteiger partial charge in [-0.25, -0.2) is 4.79 Å². The molecule has 0 aromatic heterocycles. The highest BCUT2D eigenvalue weighted by Gasteiger charge is 2.24. The van der Waals surface area contributed by atoms with Gasteiger partial charge in [-0.05, 0) is 56.1 Å². The summed E-state index contributed by atoms with van der Waals surface area (Å²) in [4.78, 5) is 28.3. The van der Waals surface area contributed by atoms with Crippen molar-refractivity contribution in [3.63, 3.8) is 0 Å². The molecule has 0 rings (SSSR count). The Morgan fingerprint density at radius 3 is 1.94 bits per heavy atom. The van der Waals surface area contributed by atoms with Gasteiger partial charge in [0.2, 0.25) is 0 Å². The number of nitrogens with zero attached hydrogens (tertiary/aromatic N) is 1. The molecule has 0 spiro atoms. The largest absolute Gasteiger partial charge is 0.462 e. The number of ketones is 1. The van der Waals surface area contributed by atoms with Crippen LogP contribution >= 0.6 is 0 Å². The summed E-state index contributed by atoms with van der Waals surface area (Å²) in [7, 11) is 1.68. The zero-order chi connectivity index (χ0) is 25.9. The lowest BCUT2D eigenvalue weighted by Crippen LogP contribution is -2.18. The van der Waals surface area contributed by atoms with Crippen LogP contribution in [0.15, 0.2) is 39.9 Å². The molecule has 0 amide bonds. The molecule has 4 nitrogen and oxygen atoms in total. The van der Waals surface area contributed by atoms with Gasteiger partial charge in [0.05, 0.1) is 12.2 Å². The first-order valence-corrected chi connectivity index (χ1v) is 12.1. The fourth-order valence-electron chi connectivity index (χ4n) is 3.27. The molecule has 0 aromatic rings. The predicted octanol–water partition coefficient (Wildman–Crippen LogP) is 7.93. The Labute approximate surface area is 199 Å². The van der Waals surface area contributed by atoms with E-state index in [-0.39, 0.29) is 23.1 Å². The predicted molar refractivity (Wildman–Crippen MR) is 141 cm³/mol. The van der Waals surface area contributed by atoms with Crippen LogP contribution in [0.3, 0.4) is 0 Å². The molecule has 1 unspecified atom stereocenters. The number of Topliss-reactive ketones (excluding diaryl/α,β-unsaturated/α-hetero) is 1. The molecule has 0 radical (unpaired) electrons. The lowest BCUT2D eigenvalue weighted by Gasteiger charge is -2.25. The molecule has 0 heterocycles. The maximum Gasteiger partial charge on any atom is 0.338 e. The molecular weight excluding hydrogens is 398 g/mol. The highest BCUT2D eigenvalue weighted by atomic mass is 16.5. The molecule has 0 fully saturated rings. The monoisotopic (exact) mass is 449 g/mol. The average molecular weight is 450 g/mol. The van der Waals surface area contributed by atoms with Gasteiger partial charge in [-0.1, -0.05) is 80.0 Å². The van der Waals surface area contributed by atoms with E-state index in [1.54, 1.807) is 27.1 Å². The van der Waals surface area contributed by atoms with Gasteiger partial charge >= 0.3 is 5.97 Å². The topological polar surface area (TPSA) is 55.7 Å². The summed E-state index contributed by atoms with van der Waals surface area (Å²) in [6, 6.07) is 0. The van der Waals surface area contributed by atoms with Gasteiger partial charge in [-0.15, -0.1) is 0 Å². The zero-order valence-corrected chi connectivity index (χ0v) is 23.1. The summed E-state index contributed by atoms with van der Waals surface area (Å²) in [5.41, 5.74) is 2.98. The number of carbonyl (C=O) groups excluding carboxylic acids is 2. The first-order chi connectivity index (χ1) is 14.9. The maximum atomic E-state index is 12.7. The average Bonchev–Trinajstić information content (AvgIpc) is 2.68. The van der Waals surface area contributed by atoms with Crippen molar-refractivity contribution < 1.29 is 14.3 Å². The number of carbonyl (C=O) groups is 2. The number of hydrogen-bond donors (Lipinski definition) is 0. The van der Waals surface area contributed by atoms with Crippen LogP contribution in [0.4, 0.5) is 0 Å². The molecule has 0 aliphatic rings. The highest BCUT2D eigenvalue weighted by Crippen LogP contribution is 2.33. The first-order valence-electron chi connectivity index (χ1n) is 12.1. The summed E-state index contributed by atoms with van der Waals surface area (Å²) < 4.78 is 5.31. The van der Waals surface area contributed by atoms with Gasteiger partial charge in [0.15, 0.2) is 0 Å². The van der Waals surface area contributed by atoms with Crippen molar-refractivity contribution in [3.05, 3.63) is 34.9 Å². The Morgan fingerprint density at radius 2 is 1.56 bits per heavy atom. The number of esters is 1. The van der Waals surface area contributed by atoms with E-state index in [1.807, 2.05) is 26.8 Å². The Kier molecular flexibility index (Phi) is 21.3. The van der Waals surface area contributed by atoms with Crippen LogP contribution in [0.1, 0.15) is 102 Å². The van der Waals surface area contributed by atoms with E-state index in [4.69, 9.17) is 4.74 Å². The van der Waals surface area contributed by atoms with Crippen molar-refractivity contribution in [1.29, 1.82) is 0 Å². The van der Waals surface area contributed by atoms with Crippen LogP contribution in [-0.4, -0.2) is 31.6 Å². The third-order valence-electron chi connectivity index (χ3n) is 4.42. The lowest BCUT2D eigenvalue weighted by molar-refractivity contribution is -0.138. The van der Waals surface area contributed by atoms with Crippen molar-refractivity contribution in [2.75, 3.05) is 13.7 Å². The molecule has 1 atom stereocenters. The third-order valence-corrected chi connectivity index (χ3v) is 4.42. The molecular formula is C28H51NO3. The molecule has 0 bridgehead atoms. The first kappa shape index (κ1) is 34.6. The number of ether oxygens (including phenoxy) is 1. The molecule has 0 saturated heterocycles. The minimum Gasteiger partial charge on any atom is -0.462 e. The van der Waals surface area contributed by atoms with Crippen molar-refractivity contribution in [2.45, 2.75) is 102 Å². The van der Waals surface area contributed by atoms with E-state index in [9.17, 15) is 9.59 Å². The number of allylic oxidation sites excluding steroid dienone is 3. The quantitative estimate of drug-likeness (QED) is 0.139. The van der Waals surface area contributed by atoms with E-state index in [2.05, 4.69) is 53.1 Å². The standard InChI is InChI=1S/C23H37NO3.C3H8.C2H6/c1-10-17(4)20(12-16(3)13-23(7,8)14-19(6)25)21(18(5)15-24-9)22(26)27-11-2;1-3-2;1-2/h12,15,17H,3,10-11,13-14H2,1-2,4-9H3;3H2,1-2H3;1-2H3/b20-12-,21-18-,24-15?;;. The molecule has 0 aliphatic heterocycles. The van der Waals surface area contributed by atoms with Crippen molar-refractivity contribution >= 4 is 18.0 Å². The second kappa shape index (κ2) is 19.7. The van der Waals surface area contributed by atoms with Gasteiger partial charge in [0, 0.05) is 19.7 Å². The normalized spacial score (nSPS) is 13.2. The van der Waals surface area contributed by atoms with Gasteiger partial charge in [0.25, 0.3) is 0 Å². The Bertz CT molecular complexity index is 652. The van der Waals surface area contributed by atoms with Crippen LogP contribution in [0.5, 0.6) is 0 Å². The third kappa shape index (κ3) is 15.8. The van der Waals surface area contributed by atoms with Crippen LogP contribution in [-0.2, 0) is 14.3 Å². The minimum atomic E-state index is -0.336. The Balaban J connectivity index is -0.00000154. The van der Waals surface area contributed by atoms with E-state index >= 15 is 0 Å². The number of aliphatic imine (C=N–C) groups is 1. The Hall–Kier alpha value is -1.97. The van der Waals surface area contributed by atoms with Crippen molar-refractivity contribution in [3.8, 4) is 0 Å². The van der Waals surface area contributed by atoms with Gasteiger partial charge in [0.1, 0.15) is 5.78 Å². The molecule has 186 valence electrons. The van der Waals surface area contributed by atoms with Crippen LogP contribution in [0.25, 0.3) is 0 Å². The van der Waals surface area contributed by atoms with Gasteiger partial charge in [-0.3, -0.25) is 4.99 Å². The summed E-state index contributed by atoms with van der Waals surface area (Å²) in [5.74, 6) is -0.00410.